The SMILES string of the molecule is CCCCCC(O)c1ccccc1COC. The van der Waals surface area contributed by atoms with E-state index in [0.29, 0.717) is 6.61 Å². The van der Waals surface area contributed by atoms with Gasteiger partial charge in [0.15, 0.2) is 0 Å². The van der Waals surface area contributed by atoms with Crippen molar-refractivity contribution in [3.8, 4) is 0 Å². The van der Waals surface area contributed by atoms with Gasteiger partial charge in [0.1, 0.15) is 0 Å². The highest BCUT2D eigenvalue weighted by Gasteiger charge is 2.11. The number of methoxy groups -OCH3 is 1. The topological polar surface area (TPSA) is 29.5 Å². The van der Waals surface area contributed by atoms with Gasteiger partial charge >= 0.3 is 0 Å². The molecule has 0 saturated heterocycles. The molecule has 90 valence electrons. The largest absolute Gasteiger partial charge is 0.388 e. The van der Waals surface area contributed by atoms with Crippen molar-refractivity contribution in [1.82, 2.24) is 0 Å². The summed E-state index contributed by atoms with van der Waals surface area (Å²) in [6.45, 7) is 2.74. The van der Waals surface area contributed by atoms with Crippen molar-refractivity contribution in [2.45, 2.75) is 45.3 Å². The second kappa shape index (κ2) is 7.42. The molecule has 2 heteroatoms. The molecule has 0 radical (unpaired) electrons. The van der Waals surface area contributed by atoms with E-state index >= 15 is 0 Å². The van der Waals surface area contributed by atoms with Gasteiger partial charge in [-0.15, -0.1) is 0 Å². The Kier molecular flexibility index (Phi) is 6.12. The van der Waals surface area contributed by atoms with Gasteiger partial charge in [-0.2, -0.15) is 0 Å². The average Bonchev–Trinajstić information content (AvgIpc) is 2.30. The monoisotopic (exact) mass is 222 g/mol. The number of rotatable bonds is 7. The molecule has 1 aromatic carbocycles. The highest BCUT2D eigenvalue weighted by Crippen LogP contribution is 2.23. The van der Waals surface area contributed by atoms with E-state index in [-0.39, 0.29) is 6.10 Å². The smallest absolute Gasteiger partial charge is 0.0793 e. The van der Waals surface area contributed by atoms with Crippen molar-refractivity contribution >= 4 is 0 Å². The third-order valence-corrected chi connectivity index (χ3v) is 2.80. The standard InChI is InChI=1S/C14H22O2/c1-3-4-5-10-14(15)13-9-7-6-8-12(13)11-16-2/h6-9,14-15H,3-5,10-11H2,1-2H3. The molecule has 2 nitrogen and oxygen atoms in total. The minimum absolute atomic E-state index is 0.349. The Morgan fingerprint density at radius 2 is 2.00 bits per heavy atom. The van der Waals surface area contributed by atoms with Gasteiger partial charge in [-0.3, -0.25) is 0 Å². The molecule has 0 amide bonds. The fraction of sp³-hybridized carbons (Fsp3) is 0.571. The fourth-order valence-electron chi connectivity index (χ4n) is 1.89. The molecule has 1 unspecified atom stereocenters. The lowest BCUT2D eigenvalue weighted by Crippen LogP contribution is -2.03. The van der Waals surface area contributed by atoms with Gasteiger partial charge < -0.3 is 9.84 Å². The highest BCUT2D eigenvalue weighted by atomic mass is 16.5. The molecule has 1 aromatic rings. The van der Waals surface area contributed by atoms with Crippen molar-refractivity contribution in [3.05, 3.63) is 35.4 Å². The average molecular weight is 222 g/mol. The van der Waals surface area contributed by atoms with E-state index in [1.54, 1.807) is 7.11 Å². The van der Waals surface area contributed by atoms with Gasteiger partial charge in [-0.05, 0) is 17.5 Å². The Hall–Kier alpha value is -0.860. The molecule has 0 aliphatic heterocycles. The number of ether oxygens (including phenoxy) is 1. The first-order valence-corrected chi connectivity index (χ1v) is 6.04. The fourth-order valence-corrected chi connectivity index (χ4v) is 1.89. The maximum absolute atomic E-state index is 10.1. The number of aliphatic hydroxyl groups excluding tert-OH is 1. The summed E-state index contributed by atoms with van der Waals surface area (Å²) in [5, 5.41) is 10.1. The van der Waals surface area contributed by atoms with Crippen LogP contribution in [-0.4, -0.2) is 12.2 Å². The number of hydrogen-bond donors (Lipinski definition) is 1. The summed E-state index contributed by atoms with van der Waals surface area (Å²) < 4.78 is 5.13. The lowest BCUT2D eigenvalue weighted by atomic mass is 9.98. The Morgan fingerprint density at radius 1 is 1.25 bits per heavy atom. The first-order valence-electron chi connectivity index (χ1n) is 6.04. The van der Waals surface area contributed by atoms with E-state index in [1.165, 1.54) is 12.8 Å². The second-order valence-electron chi connectivity index (χ2n) is 4.14. The molecule has 1 N–H and O–H groups in total. The summed E-state index contributed by atoms with van der Waals surface area (Å²) >= 11 is 0. The Bertz CT molecular complexity index is 297. The van der Waals surface area contributed by atoms with E-state index in [1.807, 2.05) is 24.3 Å². The first kappa shape index (κ1) is 13.2. The van der Waals surface area contributed by atoms with Crippen molar-refractivity contribution in [2.24, 2.45) is 0 Å². The zero-order valence-corrected chi connectivity index (χ0v) is 10.3. The molecule has 0 aromatic heterocycles. The van der Waals surface area contributed by atoms with E-state index in [2.05, 4.69) is 6.92 Å². The van der Waals surface area contributed by atoms with Crippen LogP contribution in [0.4, 0.5) is 0 Å². The maximum Gasteiger partial charge on any atom is 0.0793 e. The molecular formula is C14H22O2. The predicted octanol–water partition coefficient (Wildman–Crippen LogP) is 3.45. The Morgan fingerprint density at radius 3 is 2.69 bits per heavy atom. The van der Waals surface area contributed by atoms with Crippen LogP contribution in [0, 0.1) is 0 Å². The van der Waals surface area contributed by atoms with Gasteiger partial charge in [0.25, 0.3) is 0 Å². The molecule has 0 fully saturated rings. The quantitative estimate of drug-likeness (QED) is 0.716. The Labute approximate surface area is 98.3 Å². The van der Waals surface area contributed by atoms with Crippen molar-refractivity contribution in [1.29, 1.82) is 0 Å². The molecule has 0 heterocycles. The highest BCUT2D eigenvalue weighted by molar-refractivity contribution is 5.28. The van der Waals surface area contributed by atoms with Crippen LogP contribution in [0.2, 0.25) is 0 Å². The molecule has 0 aliphatic rings. The molecule has 0 spiro atoms. The van der Waals surface area contributed by atoms with E-state index in [4.69, 9.17) is 4.74 Å². The van der Waals surface area contributed by atoms with Crippen LogP contribution in [0.3, 0.4) is 0 Å². The van der Waals surface area contributed by atoms with Crippen molar-refractivity contribution in [3.63, 3.8) is 0 Å². The summed E-state index contributed by atoms with van der Waals surface area (Å²) in [6, 6.07) is 7.96. The van der Waals surface area contributed by atoms with E-state index in [9.17, 15) is 5.11 Å². The van der Waals surface area contributed by atoms with Crippen LogP contribution in [0.25, 0.3) is 0 Å². The Balaban J connectivity index is 2.62. The second-order valence-corrected chi connectivity index (χ2v) is 4.14. The minimum atomic E-state index is -0.349. The molecular weight excluding hydrogens is 200 g/mol. The first-order chi connectivity index (χ1) is 7.79. The number of unbranched alkanes of at least 4 members (excludes halogenated alkanes) is 2. The summed E-state index contributed by atoms with van der Waals surface area (Å²) in [4.78, 5) is 0. The van der Waals surface area contributed by atoms with Gasteiger partial charge in [-0.25, -0.2) is 0 Å². The lowest BCUT2D eigenvalue weighted by molar-refractivity contribution is 0.152. The molecule has 0 aliphatic carbocycles. The normalized spacial score (nSPS) is 12.7. The van der Waals surface area contributed by atoms with Gasteiger partial charge in [-0.1, -0.05) is 50.5 Å². The van der Waals surface area contributed by atoms with Crippen LogP contribution in [0.15, 0.2) is 24.3 Å². The lowest BCUT2D eigenvalue weighted by Gasteiger charge is -2.15. The maximum atomic E-state index is 10.1. The number of hydrogen-bond acceptors (Lipinski definition) is 2. The number of aliphatic hydroxyl groups is 1. The van der Waals surface area contributed by atoms with Gasteiger partial charge in [0.2, 0.25) is 0 Å². The molecule has 1 atom stereocenters. The zero-order valence-electron chi connectivity index (χ0n) is 10.3. The van der Waals surface area contributed by atoms with Crippen LogP contribution in [-0.2, 0) is 11.3 Å². The van der Waals surface area contributed by atoms with Crippen LogP contribution < -0.4 is 0 Å². The third kappa shape index (κ3) is 3.95. The summed E-state index contributed by atoms with van der Waals surface area (Å²) in [6.07, 6.45) is 3.95. The van der Waals surface area contributed by atoms with E-state index in [0.717, 1.165) is 24.0 Å². The van der Waals surface area contributed by atoms with E-state index < -0.39 is 0 Å². The molecule has 16 heavy (non-hydrogen) atoms. The molecule has 0 bridgehead atoms. The van der Waals surface area contributed by atoms with Crippen LogP contribution in [0.1, 0.15) is 49.8 Å². The summed E-state index contributed by atoms with van der Waals surface area (Å²) in [7, 11) is 1.68. The van der Waals surface area contributed by atoms with Crippen molar-refractivity contribution in [2.75, 3.05) is 7.11 Å². The van der Waals surface area contributed by atoms with Crippen LogP contribution >= 0.6 is 0 Å². The summed E-state index contributed by atoms with van der Waals surface area (Å²) in [5.41, 5.74) is 2.11. The third-order valence-electron chi connectivity index (χ3n) is 2.80. The van der Waals surface area contributed by atoms with Gasteiger partial charge in [0, 0.05) is 7.11 Å². The predicted molar refractivity (Wildman–Crippen MR) is 66.3 cm³/mol. The van der Waals surface area contributed by atoms with Crippen molar-refractivity contribution < 1.29 is 9.84 Å². The zero-order chi connectivity index (χ0) is 11.8. The molecule has 1 rings (SSSR count). The summed E-state index contributed by atoms with van der Waals surface area (Å²) in [5.74, 6) is 0. The van der Waals surface area contributed by atoms with Gasteiger partial charge in [0.05, 0.1) is 12.7 Å². The van der Waals surface area contributed by atoms with Crippen LogP contribution in [0.5, 0.6) is 0 Å². The number of benzene rings is 1. The molecule has 0 saturated carbocycles. The minimum Gasteiger partial charge on any atom is -0.388 e.